The molecule has 1 N–H and O–H groups in total. The van der Waals surface area contributed by atoms with E-state index in [-0.39, 0.29) is 4.90 Å². The number of sulfonamides is 1. The number of hydrogen-bond donors (Lipinski definition) is 1. The maximum atomic E-state index is 13.2. The third kappa shape index (κ3) is 2.93. The topological polar surface area (TPSA) is 89.8 Å². The van der Waals surface area contributed by atoms with Gasteiger partial charge >= 0.3 is 0 Å². The predicted molar refractivity (Wildman–Crippen MR) is 76.4 cm³/mol. The van der Waals surface area contributed by atoms with Crippen molar-refractivity contribution in [1.82, 2.24) is 20.2 Å². The fourth-order valence-electron chi connectivity index (χ4n) is 1.84. The molecule has 0 atom stereocenters. The summed E-state index contributed by atoms with van der Waals surface area (Å²) in [5.41, 5.74) is 0.904. The van der Waals surface area contributed by atoms with Crippen LogP contribution in [0.3, 0.4) is 0 Å². The number of halogens is 1. The van der Waals surface area contributed by atoms with Crippen molar-refractivity contribution in [3.8, 4) is 5.69 Å². The van der Waals surface area contributed by atoms with E-state index in [2.05, 4.69) is 20.2 Å². The van der Waals surface area contributed by atoms with Gasteiger partial charge in [0, 0.05) is 0 Å². The first-order valence-electron chi connectivity index (χ1n) is 6.16. The SMILES string of the molecule is O=S(=O)(Nc1cccc(-n2cnnn2)c1)c1cccc(F)c1. The fraction of sp³-hybridized carbons (Fsp3) is 0. The largest absolute Gasteiger partial charge is 0.280 e. The van der Waals surface area contributed by atoms with Crippen molar-refractivity contribution in [2.45, 2.75) is 4.90 Å². The Morgan fingerprint density at radius 3 is 2.64 bits per heavy atom. The summed E-state index contributed by atoms with van der Waals surface area (Å²) in [5.74, 6) is -0.620. The molecule has 1 aromatic heterocycles. The van der Waals surface area contributed by atoms with Gasteiger partial charge in [-0.15, -0.1) is 5.10 Å². The van der Waals surface area contributed by atoms with Gasteiger partial charge in [0.25, 0.3) is 10.0 Å². The molecule has 3 rings (SSSR count). The van der Waals surface area contributed by atoms with Crippen molar-refractivity contribution in [2.24, 2.45) is 0 Å². The van der Waals surface area contributed by atoms with Gasteiger partial charge in [-0.2, -0.15) is 0 Å². The maximum Gasteiger partial charge on any atom is 0.261 e. The molecule has 0 saturated carbocycles. The highest BCUT2D eigenvalue weighted by Gasteiger charge is 2.15. The molecule has 1 heterocycles. The molecule has 0 spiro atoms. The van der Waals surface area contributed by atoms with E-state index in [1.165, 1.54) is 29.2 Å². The smallest absolute Gasteiger partial charge is 0.261 e. The van der Waals surface area contributed by atoms with Crippen LogP contribution in [-0.4, -0.2) is 28.6 Å². The van der Waals surface area contributed by atoms with Crippen LogP contribution in [0.2, 0.25) is 0 Å². The summed E-state index contributed by atoms with van der Waals surface area (Å²) < 4.78 is 41.4. The number of tetrazole rings is 1. The number of aromatic nitrogens is 4. The van der Waals surface area contributed by atoms with Crippen LogP contribution in [0, 0.1) is 5.82 Å². The lowest BCUT2D eigenvalue weighted by atomic mass is 10.3. The van der Waals surface area contributed by atoms with E-state index in [1.807, 2.05) is 0 Å². The lowest BCUT2D eigenvalue weighted by Gasteiger charge is -2.09. The number of hydrogen-bond acceptors (Lipinski definition) is 5. The highest BCUT2D eigenvalue weighted by atomic mass is 32.2. The van der Waals surface area contributed by atoms with Crippen LogP contribution in [0.25, 0.3) is 5.69 Å². The van der Waals surface area contributed by atoms with E-state index < -0.39 is 15.8 Å². The van der Waals surface area contributed by atoms with E-state index in [4.69, 9.17) is 0 Å². The molecule has 0 aliphatic carbocycles. The second kappa shape index (κ2) is 5.53. The number of benzene rings is 2. The summed E-state index contributed by atoms with van der Waals surface area (Å²) in [6.45, 7) is 0. The molecular weight excluding hydrogens is 309 g/mol. The third-order valence-corrected chi connectivity index (χ3v) is 4.20. The standard InChI is InChI=1S/C13H10FN5O2S/c14-10-3-1-6-13(7-10)22(20,21)16-11-4-2-5-12(8-11)19-9-15-17-18-19/h1-9,16H. The molecular formula is C13H10FN5O2S. The highest BCUT2D eigenvalue weighted by Crippen LogP contribution is 2.19. The Morgan fingerprint density at radius 1 is 1.09 bits per heavy atom. The molecule has 22 heavy (non-hydrogen) atoms. The molecule has 0 saturated heterocycles. The molecule has 0 bridgehead atoms. The van der Waals surface area contributed by atoms with Gasteiger partial charge in [0.1, 0.15) is 12.1 Å². The Morgan fingerprint density at radius 2 is 1.91 bits per heavy atom. The number of anilines is 1. The van der Waals surface area contributed by atoms with E-state index >= 15 is 0 Å². The average Bonchev–Trinajstić information content (AvgIpc) is 3.01. The third-order valence-electron chi connectivity index (χ3n) is 2.82. The van der Waals surface area contributed by atoms with Crippen LogP contribution in [0.1, 0.15) is 0 Å². The normalized spacial score (nSPS) is 11.3. The monoisotopic (exact) mass is 319 g/mol. The summed E-state index contributed by atoms with van der Waals surface area (Å²) in [7, 11) is -3.87. The van der Waals surface area contributed by atoms with Gasteiger partial charge < -0.3 is 0 Å². The first-order valence-corrected chi connectivity index (χ1v) is 7.65. The molecule has 7 nitrogen and oxygen atoms in total. The zero-order valence-electron chi connectivity index (χ0n) is 11.1. The summed E-state index contributed by atoms with van der Waals surface area (Å²) >= 11 is 0. The summed E-state index contributed by atoms with van der Waals surface area (Å²) in [6, 6.07) is 11.3. The summed E-state index contributed by atoms with van der Waals surface area (Å²) in [4.78, 5) is -0.152. The van der Waals surface area contributed by atoms with Crippen LogP contribution >= 0.6 is 0 Å². The summed E-state index contributed by atoms with van der Waals surface area (Å²) in [5, 5.41) is 10.7. The van der Waals surface area contributed by atoms with Gasteiger partial charge in [0.15, 0.2) is 0 Å². The second-order valence-electron chi connectivity index (χ2n) is 4.37. The van der Waals surface area contributed by atoms with E-state index in [0.717, 1.165) is 6.07 Å². The molecule has 0 radical (unpaired) electrons. The average molecular weight is 319 g/mol. The van der Waals surface area contributed by atoms with Crippen LogP contribution in [0.4, 0.5) is 10.1 Å². The molecule has 9 heteroatoms. The minimum atomic E-state index is -3.87. The minimum absolute atomic E-state index is 0.152. The van der Waals surface area contributed by atoms with Crippen LogP contribution in [-0.2, 0) is 10.0 Å². The Bertz CT molecular complexity index is 896. The van der Waals surface area contributed by atoms with E-state index in [1.54, 1.807) is 24.3 Å². The van der Waals surface area contributed by atoms with Crippen LogP contribution in [0.5, 0.6) is 0 Å². The zero-order chi connectivity index (χ0) is 15.6. The van der Waals surface area contributed by atoms with Gasteiger partial charge in [-0.3, -0.25) is 4.72 Å². The first kappa shape index (κ1) is 14.1. The van der Waals surface area contributed by atoms with E-state index in [0.29, 0.717) is 11.4 Å². The molecule has 0 aliphatic heterocycles. The van der Waals surface area contributed by atoms with Crippen molar-refractivity contribution in [3.05, 3.63) is 60.7 Å². The van der Waals surface area contributed by atoms with Crippen LogP contribution in [0.15, 0.2) is 59.8 Å². The number of rotatable bonds is 4. The quantitative estimate of drug-likeness (QED) is 0.789. The van der Waals surface area contributed by atoms with Crippen molar-refractivity contribution in [3.63, 3.8) is 0 Å². The first-order chi connectivity index (χ1) is 10.5. The van der Waals surface area contributed by atoms with E-state index in [9.17, 15) is 12.8 Å². The van der Waals surface area contributed by atoms with Gasteiger partial charge in [0.2, 0.25) is 0 Å². The molecule has 2 aromatic carbocycles. The van der Waals surface area contributed by atoms with Gasteiger partial charge in [-0.25, -0.2) is 17.5 Å². The Hall–Kier alpha value is -2.81. The zero-order valence-corrected chi connectivity index (χ0v) is 11.9. The molecule has 112 valence electrons. The second-order valence-corrected chi connectivity index (χ2v) is 6.05. The summed E-state index contributed by atoms with van der Waals surface area (Å²) in [6.07, 6.45) is 1.39. The molecule has 0 fully saturated rings. The molecule has 0 amide bonds. The minimum Gasteiger partial charge on any atom is -0.280 e. The molecule has 0 unspecified atom stereocenters. The Labute approximate surface area is 125 Å². The lowest BCUT2D eigenvalue weighted by Crippen LogP contribution is -2.13. The molecule has 0 aliphatic rings. The van der Waals surface area contributed by atoms with Gasteiger partial charge in [-0.05, 0) is 46.8 Å². The van der Waals surface area contributed by atoms with Crippen molar-refractivity contribution < 1.29 is 12.8 Å². The van der Waals surface area contributed by atoms with Gasteiger partial charge in [-0.1, -0.05) is 12.1 Å². The Kier molecular flexibility index (Phi) is 3.55. The predicted octanol–water partition coefficient (Wildman–Crippen LogP) is 1.60. The number of nitrogens with one attached hydrogen (secondary N) is 1. The maximum absolute atomic E-state index is 13.2. The van der Waals surface area contributed by atoms with Crippen LogP contribution < -0.4 is 4.72 Å². The fourth-order valence-corrected chi connectivity index (χ4v) is 2.92. The highest BCUT2D eigenvalue weighted by molar-refractivity contribution is 7.92. The lowest BCUT2D eigenvalue weighted by molar-refractivity contribution is 0.595. The van der Waals surface area contributed by atoms with Crippen molar-refractivity contribution in [1.29, 1.82) is 0 Å². The Balaban J connectivity index is 1.91. The molecule has 3 aromatic rings. The number of nitrogens with zero attached hydrogens (tertiary/aromatic N) is 4. The van der Waals surface area contributed by atoms with Crippen molar-refractivity contribution in [2.75, 3.05) is 4.72 Å². The van der Waals surface area contributed by atoms with Gasteiger partial charge in [0.05, 0.1) is 16.3 Å². The van der Waals surface area contributed by atoms with Crippen molar-refractivity contribution >= 4 is 15.7 Å².